The maximum atomic E-state index is 12.4. The van der Waals surface area contributed by atoms with Crippen LogP contribution >= 0.6 is 0 Å². The third kappa shape index (κ3) is 75.5. The van der Waals surface area contributed by atoms with Crippen LogP contribution in [0.25, 0.3) is 0 Å². The Labute approximate surface area is 549 Å². The lowest BCUT2D eigenvalue weighted by Crippen LogP contribution is -2.28. The molecular weight excluding hydrogens is 1080 g/mol. The van der Waals surface area contributed by atoms with Crippen LogP contribution in [0.15, 0.2) is 85.1 Å². The highest BCUT2D eigenvalue weighted by Crippen LogP contribution is 2.19. The first-order chi connectivity index (χ1) is 43.6. The summed E-state index contributed by atoms with van der Waals surface area (Å²) in [6, 6.07) is 0. The SMILES string of the molecule is CC/C=C\C/C=C\C/C=C\C/C=C\C/C=C\CCCCCCCCCCCCCCCCCCCCCCCCCC(=O)OC(CO)COC(=O)CCCCCCCCCCCCCCCCCCCCCCCCC/C=C\C/C=C\CCCCCCC. The minimum atomic E-state index is -0.773. The Morgan fingerprint density at radius 3 is 0.739 bits per heavy atom. The van der Waals surface area contributed by atoms with Crippen LogP contribution in [0, 0.1) is 0 Å². The lowest BCUT2D eigenvalue weighted by molar-refractivity contribution is -0.161. The lowest BCUT2D eigenvalue weighted by atomic mass is 10.0. The molecule has 0 radical (unpaired) electrons. The Morgan fingerprint density at radius 2 is 0.489 bits per heavy atom. The quantitative estimate of drug-likeness (QED) is 0.0373. The Kier molecular flexibility index (Phi) is 75.7. The standard InChI is InChI=1S/C83H150O5/c1-3-5-7-9-11-13-15-17-19-21-23-25-27-29-31-33-35-37-39-40-41-42-44-46-48-50-52-54-56-58-60-62-64-66-68-70-72-74-76-78-83(86)88-81(79-84)80-87-82(85)77-75-73-71-69-67-65-63-61-59-57-55-53-51-49-47-45-43-38-36-34-32-30-28-26-24-22-20-18-16-14-12-10-8-6-4-2/h5,7,11,13,16-19,22-25,29,31,81,84H,3-4,6,8-10,12,14-15,20-21,26-28,30,32-80H2,1-2H3/b7-5-,13-11-,18-16-,19-17-,24-22-,25-23-,31-29-. The van der Waals surface area contributed by atoms with Crippen LogP contribution in [0.1, 0.15) is 412 Å². The minimum Gasteiger partial charge on any atom is -0.462 e. The van der Waals surface area contributed by atoms with Crippen molar-refractivity contribution in [2.45, 2.75) is 418 Å². The fourth-order valence-corrected chi connectivity index (χ4v) is 11.9. The zero-order valence-corrected chi connectivity index (χ0v) is 59.0. The monoisotopic (exact) mass is 1230 g/mol. The lowest BCUT2D eigenvalue weighted by Gasteiger charge is -2.15. The van der Waals surface area contributed by atoms with Gasteiger partial charge in [-0.1, -0.05) is 394 Å². The summed E-state index contributed by atoms with van der Waals surface area (Å²) in [5.41, 5.74) is 0. The van der Waals surface area contributed by atoms with Crippen molar-refractivity contribution in [2.24, 2.45) is 0 Å². The van der Waals surface area contributed by atoms with Gasteiger partial charge in [-0.2, -0.15) is 0 Å². The average Bonchev–Trinajstić information content (AvgIpc) is 3.54. The molecule has 5 heteroatoms. The van der Waals surface area contributed by atoms with E-state index in [1.165, 1.54) is 308 Å². The molecular formula is C83H150O5. The second-order valence-electron chi connectivity index (χ2n) is 26.4. The number of unbranched alkanes of at least 4 members (excludes halogenated alkanes) is 51. The van der Waals surface area contributed by atoms with Gasteiger partial charge in [0.15, 0.2) is 6.10 Å². The molecule has 0 aromatic carbocycles. The van der Waals surface area contributed by atoms with Crippen LogP contribution in [0.5, 0.6) is 0 Å². The fourth-order valence-electron chi connectivity index (χ4n) is 11.9. The molecule has 0 spiro atoms. The summed E-state index contributed by atoms with van der Waals surface area (Å²) < 4.78 is 10.8. The molecule has 0 aliphatic carbocycles. The van der Waals surface area contributed by atoms with Gasteiger partial charge in [-0.3, -0.25) is 9.59 Å². The van der Waals surface area contributed by atoms with E-state index in [1.54, 1.807) is 0 Å². The molecule has 0 amide bonds. The van der Waals surface area contributed by atoms with Crippen LogP contribution in [0.4, 0.5) is 0 Å². The molecule has 1 atom stereocenters. The Hall–Kier alpha value is -2.92. The molecule has 0 aromatic heterocycles. The number of aliphatic hydroxyl groups is 1. The molecule has 0 saturated carbocycles. The predicted molar refractivity (Wildman–Crippen MR) is 390 cm³/mol. The van der Waals surface area contributed by atoms with Gasteiger partial charge in [-0.15, -0.1) is 0 Å². The number of ether oxygens (including phenoxy) is 2. The number of aliphatic hydroxyl groups excluding tert-OH is 1. The van der Waals surface area contributed by atoms with Gasteiger partial charge in [0, 0.05) is 12.8 Å². The first-order valence-corrected chi connectivity index (χ1v) is 39.1. The third-order valence-corrected chi connectivity index (χ3v) is 17.7. The van der Waals surface area contributed by atoms with Crippen molar-refractivity contribution in [2.75, 3.05) is 13.2 Å². The maximum Gasteiger partial charge on any atom is 0.306 e. The number of esters is 2. The fraction of sp³-hybridized carbons (Fsp3) is 0.807. The van der Waals surface area contributed by atoms with E-state index in [4.69, 9.17) is 9.47 Å². The molecule has 0 aliphatic rings. The number of carbonyl (C=O) groups is 2. The summed E-state index contributed by atoms with van der Waals surface area (Å²) in [6.45, 7) is 4.07. The van der Waals surface area contributed by atoms with Crippen molar-refractivity contribution < 1.29 is 24.2 Å². The van der Waals surface area contributed by atoms with Gasteiger partial charge in [-0.25, -0.2) is 0 Å². The highest BCUT2D eigenvalue weighted by Gasteiger charge is 2.16. The van der Waals surface area contributed by atoms with Crippen LogP contribution < -0.4 is 0 Å². The molecule has 0 bridgehead atoms. The van der Waals surface area contributed by atoms with Crippen molar-refractivity contribution >= 4 is 11.9 Å². The van der Waals surface area contributed by atoms with E-state index < -0.39 is 6.10 Å². The van der Waals surface area contributed by atoms with Gasteiger partial charge in [-0.05, 0) is 89.9 Å². The number of hydrogen-bond donors (Lipinski definition) is 1. The summed E-state index contributed by atoms with van der Waals surface area (Å²) in [5.74, 6) is -0.567. The normalized spacial score (nSPS) is 12.6. The molecule has 88 heavy (non-hydrogen) atoms. The van der Waals surface area contributed by atoms with Gasteiger partial charge < -0.3 is 14.6 Å². The maximum absolute atomic E-state index is 12.4. The van der Waals surface area contributed by atoms with Gasteiger partial charge in [0.05, 0.1) is 6.61 Å². The molecule has 5 nitrogen and oxygen atoms in total. The average molecular weight is 1230 g/mol. The molecule has 0 aliphatic heterocycles. The van der Waals surface area contributed by atoms with Crippen molar-refractivity contribution in [1.82, 2.24) is 0 Å². The third-order valence-electron chi connectivity index (χ3n) is 17.7. The molecule has 0 heterocycles. The Balaban J connectivity index is 3.39. The van der Waals surface area contributed by atoms with E-state index in [0.29, 0.717) is 12.8 Å². The molecule has 0 aromatic rings. The number of hydrogen-bond acceptors (Lipinski definition) is 5. The van der Waals surface area contributed by atoms with Crippen molar-refractivity contribution in [1.29, 1.82) is 0 Å². The van der Waals surface area contributed by atoms with Crippen molar-refractivity contribution in [3.63, 3.8) is 0 Å². The second-order valence-corrected chi connectivity index (χ2v) is 26.4. The van der Waals surface area contributed by atoms with Crippen LogP contribution in [-0.2, 0) is 19.1 Å². The van der Waals surface area contributed by atoms with E-state index >= 15 is 0 Å². The summed E-state index contributed by atoms with van der Waals surface area (Å²) in [4.78, 5) is 24.7. The smallest absolute Gasteiger partial charge is 0.306 e. The van der Waals surface area contributed by atoms with E-state index in [1.807, 2.05) is 0 Å². The molecule has 0 fully saturated rings. The molecule has 0 saturated heterocycles. The topological polar surface area (TPSA) is 72.8 Å². The summed E-state index contributed by atoms with van der Waals surface area (Å²) in [6.07, 6.45) is 111. The first-order valence-electron chi connectivity index (χ1n) is 39.1. The molecule has 1 N–H and O–H groups in total. The zero-order chi connectivity index (χ0) is 63.3. The van der Waals surface area contributed by atoms with Gasteiger partial charge in [0.25, 0.3) is 0 Å². The summed E-state index contributed by atoms with van der Waals surface area (Å²) >= 11 is 0. The number of rotatable bonds is 73. The number of allylic oxidation sites excluding steroid dienone is 14. The van der Waals surface area contributed by atoms with Gasteiger partial charge >= 0.3 is 11.9 Å². The molecule has 512 valence electrons. The van der Waals surface area contributed by atoms with Crippen LogP contribution in [-0.4, -0.2) is 36.4 Å². The van der Waals surface area contributed by atoms with Crippen molar-refractivity contribution in [3.05, 3.63) is 85.1 Å². The Bertz CT molecular complexity index is 1580. The summed E-state index contributed by atoms with van der Waals surface area (Å²) in [5, 5.41) is 9.73. The second kappa shape index (κ2) is 78.3. The molecule has 1 unspecified atom stereocenters. The highest BCUT2D eigenvalue weighted by atomic mass is 16.6. The molecule has 0 rings (SSSR count). The highest BCUT2D eigenvalue weighted by molar-refractivity contribution is 5.70. The van der Waals surface area contributed by atoms with Crippen molar-refractivity contribution in [3.8, 4) is 0 Å². The Morgan fingerprint density at radius 1 is 0.273 bits per heavy atom. The first kappa shape index (κ1) is 85.1. The zero-order valence-electron chi connectivity index (χ0n) is 59.0. The van der Waals surface area contributed by atoms with Gasteiger partial charge in [0.1, 0.15) is 6.61 Å². The number of carbonyl (C=O) groups excluding carboxylic acids is 2. The minimum absolute atomic E-state index is 0.0611. The summed E-state index contributed by atoms with van der Waals surface area (Å²) in [7, 11) is 0. The predicted octanol–water partition coefficient (Wildman–Crippen LogP) is 27.6. The van der Waals surface area contributed by atoms with Gasteiger partial charge in [0.2, 0.25) is 0 Å². The largest absolute Gasteiger partial charge is 0.462 e. The van der Waals surface area contributed by atoms with Crippen LogP contribution in [0.2, 0.25) is 0 Å². The van der Waals surface area contributed by atoms with E-state index in [-0.39, 0.29) is 25.2 Å². The van der Waals surface area contributed by atoms with E-state index in [9.17, 15) is 14.7 Å². The van der Waals surface area contributed by atoms with E-state index in [2.05, 4.69) is 98.9 Å². The van der Waals surface area contributed by atoms with E-state index in [0.717, 1.165) is 77.0 Å². The van der Waals surface area contributed by atoms with Crippen LogP contribution in [0.3, 0.4) is 0 Å².